The van der Waals surface area contributed by atoms with Crippen LogP contribution in [0.3, 0.4) is 0 Å². The minimum atomic E-state index is -0.256. The van der Waals surface area contributed by atoms with E-state index in [0.29, 0.717) is 12.1 Å². The Bertz CT molecular complexity index is 716. The maximum Gasteiger partial charge on any atom is 0.276 e. The normalized spacial score (nSPS) is 10.6. The van der Waals surface area contributed by atoms with Crippen LogP contribution < -0.4 is 10.2 Å². The highest BCUT2D eigenvalue weighted by Gasteiger charge is 2.16. The molecule has 0 aliphatic rings. The summed E-state index contributed by atoms with van der Waals surface area (Å²) in [5.74, 6) is -0.453. The van der Waals surface area contributed by atoms with Gasteiger partial charge in [0.1, 0.15) is 5.69 Å². The second-order valence-corrected chi connectivity index (χ2v) is 6.04. The Kier molecular flexibility index (Phi) is 6.65. The van der Waals surface area contributed by atoms with Crippen LogP contribution in [0.15, 0.2) is 48.7 Å². The predicted molar refractivity (Wildman–Crippen MR) is 98.9 cm³/mol. The van der Waals surface area contributed by atoms with Crippen molar-refractivity contribution in [3.8, 4) is 0 Å². The van der Waals surface area contributed by atoms with Crippen molar-refractivity contribution in [1.82, 2.24) is 15.2 Å². The third-order valence-electron chi connectivity index (χ3n) is 3.76. The van der Waals surface area contributed by atoms with Crippen LogP contribution >= 0.6 is 0 Å². The summed E-state index contributed by atoms with van der Waals surface area (Å²) in [7, 11) is 5.67. The number of nitrogens with one attached hydrogen (secondary N) is 1. The summed E-state index contributed by atoms with van der Waals surface area (Å²) in [6.45, 7) is 1.49. The number of anilines is 1. The van der Waals surface area contributed by atoms with Crippen LogP contribution in [0.4, 0.5) is 5.69 Å². The number of hydrogen-bond acceptors (Lipinski definition) is 4. The van der Waals surface area contributed by atoms with Crippen LogP contribution in [0.25, 0.3) is 0 Å². The monoisotopic (exact) mass is 340 g/mol. The molecule has 2 rings (SSSR count). The summed E-state index contributed by atoms with van der Waals surface area (Å²) >= 11 is 0. The van der Waals surface area contributed by atoms with E-state index in [0.717, 1.165) is 18.7 Å². The second-order valence-electron chi connectivity index (χ2n) is 6.04. The predicted octanol–water partition coefficient (Wildman–Crippen LogP) is 2.04. The lowest BCUT2D eigenvalue weighted by Crippen LogP contribution is -2.29. The van der Waals surface area contributed by atoms with Gasteiger partial charge in [-0.15, -0.1) is 0 Å². The van der Waals surface area contributed by atoms with Gasteiger partial charge in [0.25, 0.3) is 11.8 Å². The molecule has 1 N–H and O–H groups in total. The fourth-order valence-corrected chi connectivity index (χ4v) is 2.33. The van der Waals surface area contributed by atoms with Crippen molar-refractivity contribution in [3.63, 3.8) is 0 Å². The van der Waals surface area contributed by atoms with Gasteiger partial charge in [-0.1, -0.05) is 18.2 Å². The van der Waals surface area contributed by atoms with Crippen LogP contribution in [-0.2, 0) is 0 Å². The molecule has 0 spiro atoms. The number of carbonyl (C=O) groups excluding carboxylic acids is 2. The van der Waals surface area contributed by atoms with E-state index in [1.165, 1.54) is 17.2 Å². The van der Waals surface area contributed by atoms with Gasteiger partial charge in [0, 0.05) is 31.0 Å². The van der Waals surface area contributed by atoms with E-state index in [4.69, 9.17) is 0 Å². The van der Waals surface area contributed by atoms with Crippen LogP contribution in [0.2, 0.25) is 0 Å². The molecule has 2 aromatic rings. The van der Waals surface area contributed by atoms with Crippen molar-refractivity contribution < 1.29 is 9.59 Å². The first-order valence-electron chi connectivity index (χ1n) is 8.21. The van der Waals surface area contributed by atoms with Gasteiger partial charge in [-0.05, 0) is 51.3 Å². The summed E-state index contributed by atoms with van der Waals surface area (Å²) in [5, 5.41) is 2.86. The molecule has 2 amide bonds. The van der Waals surface area contributed by atoms with Crippen LogP contribution in [0.1, 0.15) is 27.3 Å². The Morgan fingerprint density at radius 2 is 1.80 bits per heavy atom. The molecule has 132 valence electrons. The number of benzene rings is 1. The molecular weight excluding hydrogens is 316 g/mol. The van der Waals surface area contributed by atoms with Crippen LogP contribution in [0, 0.1) is 0 Å². The Hall–Kier alpha value is -2.73. The molecule has 1 aromatic heterocycles. The molecule has 0 atom stereocenters. The van der Waals surface area contributed by atoms with Crippen molar-refractivity contribution in [2.45, 2.75) is 6.42 Å². The third-order valence-corrected chi connectivity index (χ3v) is 3.76. The smallest absolute Gasteiger partial charge is 0.276 e. The molecule has 0 radical (unpaired) electrons. The molecular formula is C19H24N4O2. The Labute approximate surface area is 148 Å². The fourth-order valence-electron chi connectivity index (χ4n) is 2.33. The zero-order valence-corrected chi connectivity index (χ0v) is 14.9. The quantitative estimate of drug-likeness (QED) is 0.784. The molecule has 6 heteroatoms. The molecule has 1 heterocycles. The Balaban J connectivity index is 2.02. The Morgan fingerprint density at radius 1 is 1.08 bits per heavy atom. The van der Waals surface area contributed by atoms with E-state index in [1.807, 2.05) is 44.4 Å². The van der Waals surface area contributed by atoms with Crippen LogP contribution in [-0.4, -0.2) is 55.9 Å². The maximum atomic E-state index is 12.6. The highest BCUT2D eigenvalue weighted by molar-refractivity contribution is 6.06. The van der Waals surface area contributed by atoms with Gasteiger partial charge in [-0.2, -0.15) is 0 Å². The van der Waals surface area contributed by atoms with Crippen molar-refractivity contribution in [2.75, 3.05) is 39.1 Å². The van der Waals surface area contributed by atoms with Gasteiger partial charge in [-0.25, -0.2) is 0 Å². The maximum absolute atomic E-state index is 12.6. The average Bonchev–Trinajstić information content (AvgIpc) is 2.64. The first kappa shape index (κ1) is 18.6. The lowest BCUT2D eigenvalue weighted by atomic mass is 10.2. The molecule has 0 saturated carbocycles. The SMILES string of the molecule is CN(C)CCCNC(=O)c1ccnc(C(=O)N(C)c2ccccc2)c1. The first-order chi connectivity index (χ1) is 12.0. The van der Waals surface area contributed by atoms with Crippen molar-refractivity contribution in [2.24, 2.45) is 0 Å². The molecule has 0 aliphatic heterocycles. The number of rotatable bonds is 7. The molecule has 1 aromatic carbocycles. The number of amides is 2. The second kappa shape index (κ2) is 8.94. The molecule has 25 heavy (non-hydrogen) atoms. The molecule has 0 unspecified atom stereocenters. The molecule has 0 saturated heterocycles. The van der Waals surface area contributed by atoms with E-state index in [9.17, 15) is 9.59 Å². The molecule has 0 bridgehead atoms. The van der Waals surface area contributed by atoms with E-state index < -0.39 is 0 Å². The van der Waals surface area contributed by atoms with Crippen LogP contribution in [0.5, 0.6) is 0 Å². The van der Waals surface area contributed by atoms with Gasteiger partial charge in [0.05, 0.1) is 0 Å². The summed E-state index contributed by atoms with van der Waals surface area (Å²) < 4.78 is 0. The van der Waals surface area contributed by atoms with Gasteiger partial charge < -0.3 is 15.1 Å². The fraction of sp³-hybridized carbons (Fsp3) is 0.316. The van der Waals surface area contributed by atoms with E-state index in [2.05, 4.69) is 15.2 Å². The summed E-state index contributed by atoms with van der Waals surface area (Å²) in [4.78, 5) is 32.5. The van der Waals surface area contributed by atoms with E-state index in [-0.39, 0.29) is 17.5 Å². The minimum absolute atomic E-state index is 0.197. The standard InChI is InChI=1S/C19H24N4O2/c1-22(2)13-7-11-21-18(24)15-10-12-20-17(14-15)19(25)23(3)16-8-5-4-6-9-16/h4-6,8-10,12,14H,7,11,13H2,1-3H3,(H,21,24). The number of carbonyl (C=O) groups is 2. The number of nitrogens with zero attached hydrogens (tertiary/aromatic N) is 3. The van der Waals surface area contributed by atoms with Gasteiger partial charge >= 0.3 is 0 Å². The van der Waals surface area contributed by atoms with Gasteiger partial charge in [0.2, 0.25) is 0 Å². The zero-order valence-electron chi connectivity index (χ0n) is 14.9. The minimum Gasteiger partial charge on any atom is -0.352 e. The topological polar surface area (TPSA) is 65.5 Å². The van der Waals surface area contributed by atoms with E-state index in [1.54, 1.807) is 13.1 Å². The first-order valence-corrected chi connectivity index (χ1v) is 8.21. The highest BCUT2D eigenvalue weighted by Crippen LogP contribution is 2.14. The summed E-state index contributed by atoms with van der Waals surface area (Å²) in [6, 6.07) is 12.5. The average molecular weight is 340 g/mol. The van der Waals surface area contributed by atoms with Gasteiger partial charge in [0.15, 0.2) is 0 Å². The molecule has 6 nitrogen and oxygen atoms in total. The number of para-hydroxylation sites is 1. The number of pyridine rings is 1. The molecule has 0 aliphatic carbocycles. The number of hydrogen-bond donors (Lipinski definition) is 1. The lowest BCUT2D eigenvalue weighted by Gasteiger charge is -2.17. The van der Waals surface area contributed by atoms with E-state index >= 15 is 0 Å². The van der Waals surface area contributed by atoms with Crippen molar-refractivity contribution in [3.05, 3.63) is 59.9 Å². The third kappa shape index (κ3) is 5.39. The van der Waals surface area contributed by atoms with Crippen molar-refractivity contribution >= 4 is 17.5 Å². The number of aromatic nitrogens is 1. The Morgan fingerprint density at radius 3 is 2.48 bits per heavy atom. The zero-order chi connectivity index (χ0) is 18.2. The highest BCUT2D eigenvalue weighted by atomic mass is 16.2. The summed E-state index contributed by atoms with van der Waals surface area (Å²) in [6.07, 6.45) is 2.35. The van der Waals surface area contributed by atoms with Crippen molar-refractivity contribution in [1.29, 1.82) is 0 Å². The molecule has 0 fully saturated rings. The lowest BCUT2D eigenvalue weighted by molar-refractivity contribution is 0.0952. The van der Waals surface area contributed by atoms with Gasteiger partial charge in [-0.3, -0.25) is 14.6 Å². The largest absolute Gasteiger partial charge is 0.352 e. The summed E-state index contributed by atoms with van der Waals surface area (Å²) in [5.41, 5.74) is 1.45.